The minimum atomic E-state index is 0.637. The van der Waals surface area contributed by atoms with E-state index in [9.17, 15) is 0 Å². The van der Waals surface area contributed by atoms with Crippen LogP contribution in [0.5, 0.6) is 11.5 Å². The van der Waals surface area contributed by atoms with Crippen molar-refractivity contribution >= 4 is 21.5 Å². The molecule has 0 N–H and O–H groups in total. The Bertz CT molecular complexity index is 3080. The lowest BCUT2D eigenvalue weighted by Crippen LogP contribution is -2.01. The molecule has 0 bridgehead atoms. The first kappa shape index (κ1) is 32.7. The highest BCUT2D eigenvalue weighted by molar-refractivity contribution is 6.14. The summed E-state index contributed by atoms with van der Waals surface area (Å²) in [6.45, 7) is 0. The fourth-order valence-electron chi connectivity index (χ4n) is 8.27. The van der Waals surface area contributed by atoms with E-state index < -0.39 is 0 Å². The number of benzene rings is 9. The summed E-state index contributed by atoms with van der Waals surface area (Å²) >= 11 is 0. The number of nitrogens with zero attached hydrogens (tertiary/aromatic N) is 3. The van der Waals surface area contributed by atoms with Gasteiger partial charge in [0.15, 0.2) is 17.5 Å². The smallest absolute Gasteiger partial charge is 0.164 e. The highest BCUT2D eigenvalue weighted by Crippen LogP contribution is 2.52. The van der Waals surface area contributed by atoms with E-state index in [1.807, 2.05) is 60.7 Å². The quantitative estimate of drug-likeness (QED) is 0.171. The number of hydrogen-bond acceptors (Lipinski definition) is 4. The van der Waals surface area contributed by atoms with Crippen molar-refractivity contribution in [3.05, 3.63) is 200 Å². The molecule has 0 radical (unpaired) electrons. The van der Waals surface area contributed by atoms with Gasteiger partial charge in [-0.1, -0.05) is 182 Å². The molecule has 9 aromatic carbocycles. The highest BCUT2D eigenvalue weighted by Gasteiger charge is 2.25. The standard InChI is InChI=1S/C53H33N3O/c1-4-15-34(16-5-1)37-21-12-22-38(33-37)39-25-13-28-46-45-27-14-26-44-43(31-32-48(49(44)45)57-50(39)46)42-29-30-47(41-24-11-10-23-40(41)42)53-55-51(35-17-6-2-7-18-35)54-52(56-53)36-19-8-3-9-20-36/h1-33H. The third-order valence-electron chi connectivity index (χ3n) is 11.0. The van der Waals surface area contributed by atoms with E-state index >= 15 is 0 Å². The molecule has 57 heavy (non-hydrogen) atoms. The van der Waals surface area contributed by atoms with Gasteiger partial charge in [0.2, 0.25) is 0 Å². The van der Waals surface area contributed by atoms with Gasteiger partial charge in [-0.25, -0.2) is 15.0 Å². The molecule has 0 saturated carbocycles. The number of fused-ring (bicyclic) bond motifs is 3. The maximum absolute atomic E-state index is 6.91. The zero-order chi connectivity index (χ0) is 37.7. The van der Waals surface area contributed by atoms with Crippen LogP contribution in [0, 0.1) is 0 Å². The van der Waals surface area contributed by atoms with Crippen molar-refractivity contribution in [1.29, 1.82) is 0 Å². The lowest BCUT2D eigenvalue weighted by atomic mass is 9.87. The van der Waals surface area contributed by atoms with Crippen molar-refractivity contribution in [3.8, 4) is 90.2 Å². The van der Waals surface area contributed by atoms with Gasteiger partial charge in [0.25, 0.3) is 0 Å². The Morgan fingerprint density at radius 1 is 0.281 bits per heavy atom. The monoisotopic (exact) mass is 727 g/mol. The molecule has 4 heteroatoms. The van der Waals surface area contributed by atoms with Crippen LogP contribution in [0.4, 0.5) is 0 Å². The van der Waals surface area contributed by atoms with Crippen LogP contribution < -0.4 is 4.74 Å². The molecular weight excluding hydrogens is 695 g/mol. The second-order valence-corrected chi connectivity index (χ2v) is 14.3. The molecule has 0 spiro atoms. The Kier molecular flexibility index (Phi) is 7.78. The first-order valence-corrected chi connectivity index (χ1v) is 19.2. The van der Waals surface area contributed by atoms with Gasteiger partial charge in [-0.3, -0.25) is 0 Å². The van der Waals surface area contributed by atoms with Crippen molar-refractivity contribution in [3.63, 3.8) is 0 Å². The van der Waals surface area contributed by atoms with Gasteiger partial charge in [0.05, 0.1) is 0 Å². The summed E-state index contributed by atoms with van der Waals surface area (Å²) in [6.07, 6.45) is 0. The molecule has 0 amide bonds. The third kappa shape index (κ3) is 5.66. The van der Waals surface area contributed by atoms with E-state index in [2.05, 4.69) is 140 Å². The van der Waals surface area contributed by atoms with E-state index in [0.717, 1.165) is 77.6 Å². The van der Waals surface area contributed by atoms with E-state index in [1.54, 1.807) is 0 Å². The van der Waals surface area contributed by atoms with Crippen LogP contribution in [-0.2, 0) is 0 Å². The topological polar surface area (TPSA) is 47.9 Å². The van der Waals surface area contributed by atoms with Gasteiger partial charge in [-0.05, 0) is 67.7 Å². The van der Waals surface area contributed by atoms with Crippen LogP contribution in [0.25, 0.3) is 100 Å². The molecule has 0 saturated heterocycles. The Morgan fingerprint density at radius 3 is 1.47 bits per heavy atom. The van der Waals surface area contributed by atoms with Crippen LogP contribution >= 0.6 is 0 Å². The Hall–Kier alpha value is -7.69. The summed E-state index contributed by atoms with van der Waals surface area (Å²) in [5.74, 6) is 3.66. The average Bonchev–Trinajstić information content (AvgIpc) is 3.29. The van der Waals surface area contributed by atoms with E-state index in [-0.39, 0.29) is 0 Å². The van der Waals surface area contributed by atoms with Gasteiger partial charge in [-0.15, -0.1) is 0 Å². The molecule has 0 aliphatic carbocycles. The second kappa shape index (κ2) is 13.6. The molecule has 10 aromatic rings. The molecule has 1 aliphatic heterocycles. The van der Waals surface area contributed by atoms with Gasteiger partial charge >= 0.3 is 0 Å². The van der Waals surface area contributed by atoms with Gasteiger partial charge < -0.3 is 4.74 Å². The maximum Gasteiger partial charge on any atom is 0.164 e. The highest BCUT2D eigenvalue weighted by atomic mass is 16.5. The Balaban J connectivity index is 1.05. The molecule has 0 unspecified atom stereocenters. The number of rotatable bonds is 6. The number of para-hydroxylation sites is 1. The van der Waals surface area contributed by atoms with Gasteiger partial charge in [0, 0.05) is 33.2 Å². The number of ether oxygens (including phenoxy) is 1. The summed E-state index contributed by atoms with van der Waals surface area (Å²) in [5.41, 5.74) is 11.9. The number of hydrogen-bond donors (Lipinski definition) is 0. The molecule has 0 fully saturated rings. The predicted octanol–water partition coefficient (Wildman–Crippen LogP) is 14.0. The van der Waals surface area contributed by atoms with Gasteiger partial charge in [-0.2, -0.15) is 0 Å². The molecule has 2 heterocycles. The second-order valence-electron chi connectivity index (χ2n) is 14.3. The average molecular weight is 728 g/mol. The summed E-state index contributed by atoms with van der Waals surface area (Å²) in [4.78, 5) is 15.1. The van der Waals surface area contributed by atoms with Crippen molar-refractivity contribution < 1.29 is 4.74 Å². The van der Waals surface area contributed by atoms with Crippen molar-refractivity contribution in [1.82, 2.24) is 15.0 Å². The third-order valence-corrected chi connectivity index (χ3v) is 11.0. The molecular formula is C53H33N3O. The first-order chi connectivity index (χ1) is 28.3. The fourth-order valence-corrected chi connectivity index (χ4v) is 8.27. The predicted molar refractivity (Wildman–Crippen MR) is 233 cm³/mol. The van der Waals surface area contributed by atoms with E-state index in [4.69, 9.17) is 19.7 Å². The molecule has 1 aromatic heterocycles. The lowest BCUT2D eigenvalue weighted by molar-refractivity contribution is 0.489. The molecule has 11 rings (SSSR count). The Morgan fingerprint density at radius 2 is 0.754 bits per heavy atom. The van der Waals surface area contributed by atoms with Crippen LogP contribution in [0.15, 0.2) is 200 Å². The minimum absolute atomic E-state index is 0.637. The summed E-state index contributed by atoms with van der Waals surface area (Å²) < 4.78 is 6.91. The van der Waals surface area contributed by atoms with Crippen LogP contribution in [0.3, 0.4) is 0 Å². The molecule has 266 valence electrons. The SMILES string of the molecule is c1ccc(-c2cccc(-c3cccc4c3Oc3ccc(-c5ccc(-c6nc(-c7ccccc7)nc(-c7ccccc7)n6)c6ccccc56)c5cccc-4c35)c2)cc1. The van der Waals surface area contributed by atoms with Crippen molar-refractivity contribution in [2.45, 2.75) is 0 Å². The zero-order valence-corrected chi connectivity index (χ0v) is 30.8. The fraction of sp³-hybridized carbons (Fsp3) is 0. The summed E-state index contributed by atoms with van der Waals surface area (Å²) in [6, 6.07) is 69.8. The molecule has 0 atom stereocenters. The van der Waals surface area contributed by atoms with Crippen molar-refractivity contribution in [2.24, 2.45) is 0 Å². The van der Waals surface area contributed by atoms with E-state index in [1.165, 1.54) is 16.7 Å². The van der Waals surface area contributed by atoms with Crippen LogP contribution in [-0.4, -0.2) is 15.0 Å². The van der Waals surface area contributed by atoms with Gasteiger partial charge in [0.1, 0.15) is 11.5 Å². The Labute approximate surface area is 330 Å². The molecule has 4 nitrogen and oxygen atoms in total. The lowest BCUT2D eigenvalue weighted by Gasteiger charge is -2.25. The minimum Gasteiger partial charge on any atom is -0.455 e. The van der Waals surface area contributed by atoms with Crippen molar-refractivity contribution in [2.75, 3.05) is 0 Å². The van der Waals surface area contributed by atoms with Crippen LogP contribution in [0.1, 0.15) is 0 Å². The summed E-state index contributed by atoms with van der Waals surface area (Å²) in [5, 5.41) is 4.45. The largest absolute Gasteiger partial charge is 0.455 e. The molecule has 1 aliphatic rings. The number of aromatic nitrogens is 3. The van der Waals surface area contributed by atoms with E-state index in [0.29, 0.717) is 17.5 Å². The normalized spacial score (nSPS) is 11.6. The summed E-state index contributed by atoms with van der Waals surface area (Å²) in [7, 11) is 0. The maximum atomic E-state index is 6.91. The first-order valence-electron chi connectivity index (χ1n) is 19.2. The van der Waals surface area contributed by atoms with Crippen LogP contribution in [0.2, 0.25) is 0 Å². The zero-order valence-electron chi connectivity index (χ0n) is 30.8.